The van der Waals surface area contributed by atoms with Crippen LogP contribution in [0.5, 0.6) is 0 Å². The Morgan fingerprint density at radius 1 is 1.57 bits per heavy atom. The monoisotopic (exact) mass is 197 g/mol. The molecule has 0 bridgehead atoms. The number of amides is 1. The fourth-order valence-corrected chi connectivity index (χ4v) is 1.29. The third-order valence-corrected chi connectivity index (χ3v) is 1.86. The van der Waals surface area contributed by atoms with Gasteiger partial charge in [0, 0.05) is 6.54 Å². The average molecular weight is 197 g/mol. The summed E-state index contributed by atoms with van der Waals surface area (Å²) in [6, 6.07) is 1.87. The minimum absolute atomic E-state index is 0.0550. The molecule has 0 heterocycles. The summed E-state index contributed by atoms with van der Waals surface area (Å²) in [7, 11) is 0. The molecule has 80 valence electrons. The molecule has 0 saturated heterocycles. The van der Waals surface area contributed by atoms with E-state index in [9.17, 15) is 4.79 Å². The Bertz CT molecular complexity index is 225. The molecule has 0 spiro atoms. The van der Waals surface area contributed by atoms with Gasteiger partial charge in [-0.3, -0.25) is 4.79 Å². The number of carbonyl (C=O) groups excluding carboxylic acids is 1. The molecule has 4 nitrogen and oxygen atoms in total. The van der Waals surface area contributed by atoms with E-state index in [0.717, 1.165) is 6.42 Å². The van der Waals surface area contributed by atoms with Crippen LogP contribution in [0.25, 0.3) is 0 Å². The van der Waals surface area contributed by atoms with Crippen LogP contribution >= 0.6 is 0 Å². The number of hydrogen-bond donors (Lipinski definition) is 2. The van der Waals surface area contributed by atoms with Gasteiger partial charge in [0.15, 0.2) is 0 Å². The van der Waals surface area contributed by atoms with Crippen molar-refractivity contribution in [1.82, 2.24) is 5.32 Å². The highest BCUT2D eigenvalue weighted by molar-refractivity contribution is 5.79. The van der Waals surface area contributed by atoms with E-state index >= 15 is 0 Å². The molecule has 3 N–H and O–H groups in total. The third kappa shape index (κ3) is 5.55. The van der Waals surface area contributed by atoms with Crippen LogP contribution in [-0.2, 0) is 4.79 Å². The van der Waals surface area contributed by atoms with Crippen LogP contribution in [0.4, 0.5) is 0 Å². The van der Waals surface area contributed by atoms with E-state index in [1.807, 2.05) is 6.07 Å². The van der Waals surface area contributed by atoms with Gasteiger partial charge in [-0.15, -0.1) is 0 Å². The van der Waals surface area contributed by atoms with Crippen LogP contribution in [-0.4, -0.2) is 19.0 Å². The molecule has 0 rings (SSSR count). The molecule has 1 atom stereocenters. The first kappa shape index (κ1) is 12.9. The lowest BCUT2D eigenvalue weighted by Gasteiger charge is -2.23. The first-order valence-electron chi connectivity index (χ1n) is 4.75. The Morgan fingerprint density at radius 2 is 2.14 bits per heavy atom. The molecule has 0 aliphatic heterocycles. The molecule has 0 aromatic carbocycles. The predicted molar refractivity (Wildman–Crippen MR) is 55.2 cm³/mol. The van der Waals surface area contributed by atoms with Crippen molar-refractivity contribution < 1.29 is 4.79 Å². The zero-order chi connectivity index (χ0) is 11.2. The van der Waals surface area contributed by atoms with Gasteiger partial charge in [0.1, 0.15) is 6.54 Å². The maximum absolute atomic E-state index is 11.5. The molecule has 1 unspecified atom stereocenters. The quantitative estimate of drug-likeness (QED) is 0.649. The van der Waals surface area contributed by atoms with Gasteiger partial charge in [-0.05, 0) is 11.8 Å². The number of nitrogens with one attached hydrogen (secondary N) is 1. The molecule has 0 aromatic rings. The number of hydrogen-bond acceptors (Lipinski definition) is 3. The molecule has 4 heteroatoms. The van der Waals surface area contributed by atoms with Gasteiger partial charge >= 0.3 is 0 Å². The highest BCUT2D eigenvalue weighted by Crippen LogP contribution is 2.23. The van der Waals surface area contributed by atoms with Crippen LogP contribution in [0, 0.1) is 22.7 Å². The minimum Gasteiger partial charge on any atom is -0.343 e. The van der Waals surface area contributed by atoms with E-state index in [-0.39, 0.29) is 23.8 Å². The number of nitrogens with zero attached hydrogens (tertiary/aromatic N) is 1. The Hall–Kier alpha value is -1.08. The van der Waals surface area contributed by atoms with Crippen molar-refractivity contribution in [1.29, 1.82) is 5.26 Å². The van der Waals surface area contributed by atoms with E-state index < -0.39 is 0 Å². The molecule has 0 fully saturated rings. The van der Waals surface area contributed by atoms with Crippen LogP contribution in [0.1, 0.15) is 27.2 Å². The molecule has 0 saturated carbocycles. The van der Waals surface area contributed by atoms with Crippen molar-refractivity contribution in [3.63, 3.8) is 0 Å². The zero-order valence-electron chi connectivity index (χ0n) is 9.13. The van der Waals surface area contributed by atoms with Gasteiger partial charge in [-0.2, -0.15) is 5.26 Å². The van der Waals surface area contributed by atoms with E-state index in [2.05, 4.69) is 26.1 Å². The Morgan fingerprint density at radius 3 is 2.50 bits per heavy atom. The summed E-state index contributed by atoms with van der Waals surface area (Å²) >= 11 is 0. The lowest BCUT2D eigenvalue weighted by molar-refractivity contribution is -0.125. The van der Waals surface area contributed by atoms with Crippen LogP contribution in [0.3, 0.4) is 0 Å². The van der Waals surface area contributed by atoms with E-state index in [1.165, 1.54) is 0 Å². The molecule has 1 amide bonds. The molecule has 0 aliphatic rings. The normalized spacial score (nSPS) is 13.1. The Labute approximate surface area is 85.5 Å². The topological polar surface area (TPSA) is 78.9 Å². The molecule has 0 radical (unpaired) electrons. The van der Waals surface area contributed by atoms with E-state index in [4.69, 9.17) is 11.0 Å². The average Bonchev–Trinajstić information content (AvgIpc) is 2.08. The van der Waals surface area contributed by atoms with Crippen LogP contribution in [0.2, 0.25) is 0 Å². The second-order valence-electron chi connectivity index (χ2n) is 4.57. The second kappa shape index (κ2) is 5.61. The maximum atomic E-state index is 11.5. The molecule has 0 aromatic heterocycles. The predicted octanol–water partition coefficient (Wildman–Crippen LogP) is 0.637. The van der Waals surface area contributed by atoms with E-state index in [1.54, 1.807) is 0 Å². The summed E-state index contributed by atoms with van der Waals surface area (Å²) < 4.78 is 0. The zero-order valence-corrected chi connectivity index (χ0v) is 9.13. The lowest BCUT2D eigenvalue weighted by atomic mass is 9.84. The van der Waals surface area contributed by atoms with Crippen molar-refractivity contribution in [2.75, 3.05) is 13.1 Å². The second-order valence-corrected chi connectivity index (χ2v) is 4.57. The van der Waals surface area contributed by atoms with Gasteiger partial charge in [-0.1, -0.05) is 20.8 Å². The summed E-state index contributed by atoms with van der Waals surface area (Å²) in [5.74, 6) is -0.313. The molecular formula is C10H19N3O. The van der Waals surface area contributed by atoms with Gasteiger partial charge in [0.05, 0.1) is 12.0 Å². The van der Waals surface area contributed by atoms with E-state index in [0.29, 0.717) is 6.54 Å². The highest BCUT2D eigenvalue weighted by Gasteiger charge is 2.23. The highest BCUT2D eigenvalue weighted by atomic mass is 16.1. The SMILES string of the molecule is CC(C)(C)CC(CN)C(=O)NCC#N. The van der Waals surface area contributed by atoms with Crippen molar-refractivity contribution in [3.05, 3.63) is 0 Å². The largest absolute Gasteiger partial charge is 0.343 e. The number of nitrogens with two attached hydrogens (primary N) is 1. The summed E-state index contributed by atoms with van der Waals surface area (Å²) in [4.78, 5) is 11.5. The first-order valence-corrected chi connectivity index (χ1v) is 4.75. The standard InChI is InChI=1S/C10H19N3O/c1-10(2,3)6-8(7-12)9(14)13-5-4-11/h8H,5-7,12H2,1-3H3,(H,13,14). The summed E-state index contributed by atoms with van der Waals surface area (Å²) in [6.45, 7) is 6.57. The fourth-order valence-electron chi connectivity index (χ4n) is 1.29. The molecule has 0 aliphatic carbocycles. The first-order chi connectivity index (χ1) is 6.40. The summed E-state index contributed by atoms with van der Waals surface area (Å²) in [5, 5.41) is 10.8. The lowest BCUT2D eigenvalue weighted by Crippen LogP contribution is -2.37. The van der Waals surface area contributed by atoms with Crippen molar-refractivity contribution in [3.8, 4) is 6.07 Å². The van der Waals surface area contributed by atoms with Crippen LogP contribution < -0.4 is 11.1 Å². The minimum atomic E-state index is -0.191. The summed E-state index contributed by atoms with van der Waals surface area (Å²) in [5.41, 5.74) is 5.59. The van der Waals surface area contributed by atoms with Gasteiger partial charge in [0.2, 0.25) is 5.91 Å². The Kier molecular flexibility index (Phi) is 5.18. The molecular weight excluding hydrogens is 178 g/mol. The number of carbonyl (C=O) groups is 1. The van der Waals surface area contributed by atoms with Gasteiger partial charge in [-0.25, -0.2) is 0 Å². The third-order valence-electron chi connectivity index (χ3n) is 1.86. The molecule has 14 heavy (non-hydrogen) atoms. The van der Waals surface area contributed by atoms with Crippen molar-refractivity contribution in [2.24, 2.45) is 17.1 Å². The maximum Gasteiger partial charge on any atom is 0.225 e. The van der Waals surface area contributed by atoms with Crippen molar-refractivity contribution in [2.45, 2.75) is 27.2 Å². The van der Waals surface area contributed by atoms with Gasteiger partial charge < -0.3 is 11.1 Å². The smallest absolute Gasteiger partial charge is 0.225 e. The number of nitriles is 1. The van der Waals surface area contributed by atoms with Crippen molar-refractivity contribution >= 4 is 5.91 Å². The Balaban J connectivity index is 4.14. The van der Waals surface area contributed by atoms with Crippen LogP contribution in [0.15, 0.2) is 0 Å². The fraction of sp³-hybridized carbons (Fsp3) is 0.800. The summed E-state index contributed by atoms with van der Waals surface area (Å²) in [6.07, 6.45) is 0.737. The number of rotatable bonds is 4. The van der Waals surface area contributed by atoms with Gasteiger partial charge in [0.25, 0.3) is 0 Å².